The Kier molecular flexibility index (Phi) is 6.64. The number of nitrogens with one attached hydrogen (secondary N) is 2. The average Bonchev–Trinajstić information content (AvgIpc) is 3.08. The van der Waals surface area contributed by atoms with E-state index in [4.69, 9.17) is 4.74 Å². The van der Waals surface area contributed by atoms with Gasteiger partial charge in [0.1, 0.15) is 18.2 Å². The summed E-state index contributed by atoms with van der Waals surface area (Å²) in [6.45, 7) is 3.63. The van der Waals surface area contributed by atoms with E-state index in [2.05, 4.69) is 20.6 Å². The molecule has 7 heteroatoms. The second kappa shape index (κ2) is 9.60. The fourth-order valence-electron chi connectivity index (χ4n) is 2.82. The first-order valence-electron chi connectivity index (χ1n) is 9.08. The molecule has 1 aliphatic heterocycles. The van der Waals surface area contributed by atoms with Gasteiger partial charge in [-0.05, 0) is 31.0 Å². The highest BCUT2D eigenvalue weighted by molar-refractivity contribution is 5.78. The molecule has 7 nitrogen and oxygen atoms in total. The van der Waals surface area contributed by atoms with E-state index in [1.165, 1.54) is 0 Å². The SMILES string of the molecule is O=C1CCCN1CCCNc1nccc(NCCOc2ccccc2)n1. The number of amides is 1. The minimum atomic E-state index is 0.269. The Labute approximate surface area is 153 Å². The van der Waals surface area contributed by atoms with Crippen LogP contribution in [0.2, 0.25) is 0 Å². The summed E-state index contributed by atoms with van der Waals surface area (Å²) in [6.07, 6.45) is 4.28. The molecule has 2 heterocycles. The van der Waals surface area contributed by atoms with Crippen LogP contribution in [0.4, 0.5) is 11.8 Å². The number of ether oxygens (including phenoxy) is 1. The molecule has 0 aliphatic carbocycles. The Bertz CT molecular complexity index is 695. The molecule has 138 valence electrons. The highest BCUT2D eigenvalue weighted by atomic mass is 16.5. The van der Waals surface area contributed by atoms with Crippen LogP contribution in [-0.4, -0.2) is 53.6 Å². The van der Waals surface area contributed by atoms with Crippen molar-refractivity contribution in [2.45, 2.75) is 19.3 Å². The van der Waals surface area contributed by atoms with Gasteiger partial charge in [-0.25, -0.2) is 4.98 Å². The number of hydrogen-bond acceptors (Lipinski definition) is 6. The topological polar surface area (TPSA) is 79.4 Å². The third kappa shape index (κ3) is 5.61. The molecule has 0 bridgehead atoms. The number of rotatable bonds is 10. The molecule has 1 aromatic heterocycles. The first-order valence-corrected chi connectivity index (χ1v) is 9.08. The van der Waals surface area contributed by atoms with Crippen molar-refractivity contribution in [3.05, 3.63) is 42.6 Å². The first-order chi connectivity index (χ1) is 12.8. The summed E-state index contributed by atoms with van der Waals surface area (Å²) in [7, 11) is 0. The maximum atomic E-state index is 11.6. The van der Waals surface area contributed by atoms with Gasteiger partial charge in [-0.3, -0.25) is 4.79 Å². The maximum Gasteiger partial charge on any atom is 0.224 e. The van der Waals surface area contributed by atoms with Gasteiger partial charge in [0, 0.05) is 32.3 Å². The van der Waals surface area contributed by atoms with Gasteiger partial charge in [0.05, 0.1) is 6.54 Å². The van der Waals surface area contributed by atoms with E-state index >= 15 is 0 Å². The lowest BCUT2D eigenvalue weighted by Gasteiger charge is -2.15. The quantitative estimate of drug-likeness (QED) is 0.637. The summed E-state index contributed by atoms with van der Waals surface area (Å²) < 4.78 is 5.64. The summed E-state index contributed by atoms with van der Waals surface area (Å²) in [4.78, 5) is 22.1. The highest BCUT2D eigenvalue weighted by Gasteiger charge is 2.18. The Morgan fingerprint density at radius 2 is 2.00 bits per heavy atom. The van der Waals surface area contributed by atoms with Crippen LogP contribution in [0.5, 0.6) is 5.75 Å². The monoisotopic (exact) mass is 355 g/mol. The van der Waals surface area contributed by atoms with Gasteiger partial charge in [-0.2, -0.15) is 4.98 Å². The third-order valence-corrected chi connectivity index (χ3v) is 4.13. The molecule has 0 spiro atoms. The number of likely N-dealkylation sites (tertiary alicyclic amines) is 1. The summed E-state index contributed by atoms with van der Waals surface area (Å²) in [5.41, 5.74) is 0. The van der Waals surface area contributed by atoms with Crippen molar-refractivity contribution in [3.8, 4) is 5.75 Å². The Morgan fingerprint density at radius 3 is 2.81 bits per heavy atom. The number of anilines is 2. The lowest BCUT2D eigenvalue weighted by molar-refractivity contribution is -0.127. The van der Waals surface area contributed by atoms with Gasteiger partial charge in [0.15, 0.2) is 0 Å². The molecule has 1 fully saturated rings. The van der Waals surface area contributed by atoms with Gasteiger partial charge in [-0.1, -0.05) is 18.2 Å². The number of benzene rings is 1. The predicted molar refractivity (Wildman–Crippen MR) is 101 cm³/mol. The van der Waals surface area contributed by atoms with Crippen molar-refractivity contribution < 1.29 is 9.53 Å². The number of hydrogen-bond donors (Lipinski definition) is 2. The highest BCUT2D eigenvalue weighted by Crippen LogP contribution is 2.11. The first kappa shape index (κ1) is 18.0. The van der Waals surface area contributed by atoms with E-state index < -0.39 is 0 Å². The van der Waals surface area contributed by atoms with Gasteiger partial charge in [-0.15, -0.1) is 0 Å². The van der Waals surface area contributed by atoms with Gasteiger partial charge in [0.2, 0.25) is 11.9 Å². The van der Waals surface area contributed by atoms with Crippen molar-refractivity contribution in [3.63, 3.8) is 0 Å². The molecule has 0 unspecified atom stereocenters. The molecular weight excluding hydrogens is 330 g/mol. The van der Waals surface area contributed by atoms with E-state index in [-0.39, 0.29) is 5.91 Å². The summed E-state index contributed by atoms with van der Waals surface area (Å²) in [6, 6.07) is 11.6. The Hall–Kier alpha value is -2.83. The molecule has 2 aromatic rings. The molecule has 1 aliphatic rings. The van der Waals surface area contributed by atoms with Gasteiger partial charge >= 0.3 is 0 Å². The van der Waals surface area contributed by atoms with Crippen molar-refractivity contribution in [2.75, 3.05) is 43.4 Å². The van der Waals surface area contributed by atoms with Crippen molar-refractivity contribution in [1.29, 1.82) is 0 Å². The second-order valence-electron chi connectivity index (χ2n) is 6.12. The number of para-hydroxylation sites is 1. The van der Waals surface area contributed by atoms with Crippen molar-refractivity contribution in [1.82, 2.24) is 14.9 Å². The molecule has 2 N–H and O–H groups in total. The third-order valence-electron chi connectivity index (χ3n) is 4.13. The van der Waals surface area contributed by atoms with Crippen LogP contribution < -0.4 is 15.4 Å². The van der Waals surface area contributed by atoms with Gasteiger partial charge < -0.3 is 20.3 Å². The fourth-order valence-corrected chi connectivity index (χ4v) is 2.82. The predicted octanol–water partition coefficient (Wildman–Crippen LogP) is 2.39. The zero-order valence-electron chi connectivity index (χ0n) is 14.9. The summed E-state index contributed by atoms with van der Waals surface area (Å²) in [5, 5.41) is 6.44. The normalized spacial score (nSPS) is 13.7. The van der Waals surface area contributed by atoms with E-state index in [0.29, 0.717) is 25.5 Å². The van der Waals surface area contributed by atoms with E-state index in [1.807, 2.05) is 41.3 Å². The molecule has 0 atom stereocenters. The number of nitrogens with zero attached hydrogens (tertiary/aromatic N) is 3. The van der Waals surface area contributed by atoms with E-state index in [1.54, 1.807) is 6.20 Å². The number of aromatic nitrogens is 2. The number of carbonyl (C=O) groups excluding carboxylic acids is 1. The maximum absolute atomic E-state index is 11.6. The van der Waals surface area contributed by atoms with Gasteiger partial charge in [0.25, 0.3) is 0 Å². The molecule has 1 amide bonds. The molecule has 0 saturated carbocycles. The molecule has 0 radical (unpaired) electrons. The van der Waals surface area contributed by atoms with Crippen LogP contribution in [-0.2, 0) is 4.79 Å². The number of carbonyl (C=O) groups is 1. The smallest absolute Gasteiger partial charge is 0.224 e. The zero-order chi connectivity index (χ0) is 18.0. The fraction of sp³-hybridized carbons (Fsp3) is 0.421. The van der Waals surface area contributed by atoms with Crippen LogP contribution in [0.1, 0.15) is 19.3 Å². The molecule has 1 saturated heterocycles. The summed E-state index contributed by atoms with van der Waals surface area (Å²) >= 11 is 0. The van der Waals surface area contributed by atoms with E-state index in [9.17, 15) is 4.79 Å². The molecule has 3 rings (SSSR count). The molecule has 1 aromatic carbocycles. The van der Waals surface area contributed by atoms with E-state index in [0.717, 1.165) is 44.0 Å². The average molecular weight is 355 g/mol. The lowest BCUT2D eigenvalue weighted by Crippen LogP contribution is -2.27. The second-order valence-corrected chi connectivity index (χ2v) is 6.12. The zero-order valence-corrected chi connectivity index (χ0v) is 14.9. The lowest BCUT2D eigenvalue weighted by atomic mass is 10.3. The molecular formula is C19H25N5O2. The standard InChI is InChI=1S/C19H25N5O2/c25-18-8-4-13-24(18)14-5-10-21-19-22-11-9-17(23-19)20-12-15-26-16-6-2-1-3-7-16/h1-3,6-7,9,11H,4-5,8,10,12-15H2,(H2,20,21,22,23). The summed E-state index contributed by atoms with van der Waals surface area (Å²) in [5.74, 6) is 2.47. The molecule has 26 heavy (non-hydrogen) atoms. The van der Waals surface area contributed by atoms with Crippen LogP contribution >= 0.6 is 0 Å². The van der Waals surface area contributed by atoms with Crippen LogP contribution in [0.25, 0.3) is 0 Å². The minimum Gasteiger partial charge on any atom is -0.492 e. The van der Waals surface area contributed by atoms with Crippen LogP contribution in [0.15, 0.2) is 42.6 Å². The van der Waals surface area contributed by atoms with Crippen molar-refractivity contribution in [2.24, 2.45) is 0 Å². The minimum absolute atomic E-state index is 0.269. The Balaban J connectivity index is 1.34. The van der Waals surface area contributed by atoms with Crippen molar-refractivity contribution >= 4 is 17.7 Å². The van der Waals surface area contributed by atoms with Crippen LogP contribution in [0.3, 0.4) is 0 Å². The Morgan fingerprint density at radius 1 is 1.12 bits per heavy atom. The largest absolute Gasteiger partial charge is 0.492 e. The van der Waals surface area contributed by atoms with Crippen LogP contribution in [0, 0.1) is 0 Å².